The van der Waals surface area contributed by atoms with Crippen molar-refractivity contribution in [1.29, 1.82) is 0 Å². The first-order valence-corrected chi connectivity index (χ1v) is 11.5. The minimum Gasteiger partial charge on any atom is -0.383 e. The Labute approximate surface area is 174 Å². The van der Waals surface area contributed by atoms with Crippen molar-refractivity contribution in [1.82, 2.24) is 9.78 Å². The Morgan fingerprint density at radius 3 is 2.55 bits per heavy atom. The summed E-state index contributed by atoms with van der Waals surface area (Å²) in [6.45, 7) is 3.63. The van der Waals surface area contributed by atoms with Crippen LogP contribution in [0.4, 0.5) is 11.5 Å². The van der Waals surface area contributed by atoms with Crippen molar-refractivity contribution in [3.63, 3.8) is 0 Å². The standard InChI is InChI=1S/C20H22N4O3S2/c1-3-28-20-18(29(26,27)16-10-5-4-6-11-16)19(21)24(23-20)13-17(25)22-15-9-7-8-14(2)12-15/h4-12H,3,13,21H2,1-2H3,(H,22,25). The van der Waals surface area contributed by atoms with Gasteiger partial charge in [-0.05, 0) is 42.5 Å². The first-order valence-electron chi connectivity index (χ1n) is 8.98. The van der Waals surface area contributed by atoms with Gasteiger partial charge in [-0.15, -0.1) is 11.8 Å². The molecule has 29 heavy (non-hydrogen) atoms. The summed E-state index contributed by atoms with van der Waals surface area (Å²) in [6.07, 6.45) is 0. The highest BCUT2D eigenvalue weighted by atomic mass is 32.2. The fraction of sp³-hybridized carbons (Fsp3) is 0.200. The Morgan fingerprint density at radius 1 is 1.17 bits per heavy atom. The molecule has 3 rings (SSSR count). The Hall–Kier alpha value is -2.78. The maximum Gasteiger partial charge on any atom is 0.246 e. The summed E-state index contributed by atoms with van der Waals surface area (Å²) in [7, 11) is -3.86. The second-order valence-electron chi connectivity index (χ2n) is 6.34. The Morgan fingerprint density at radius 2 is 1.90 bits per heavy atom. The van der Waals surface area contributed by atoms with Crippen molar-refractivity contribution in [2.75, 3.05) is 16.8 Å². The number of thioether (sulfide) groups is 1. The molecule has 0 spiro atoms. The molecule has 1 amide bonds. The minimum atomic E-state index is -3.86. The quantitative estimate of drug-likeness (QED) is 0.557. The highest BCUT2D eigenvalue weighted by molar-refractivity contribution is 8.00. The Bertz CT molecular complexity index is 1130. The molecule has 0 unspecified atom stereocenters. The smallest absolute Gasteiger partial charge is 0.246 e. The van der Waals surface area contributed by atoms with Crippen molar-refractivity contribution in [2.24, 2.45) is 0 Å². The van der Waals surface area contributed by atoms with Gasteiger partial charge in [0.15, 0.2) is 0 Å². The largest absolute Gasteiger partial charge is 0.383 e. The van der Waals surface area contributed by atoms with Gasteiger partial charge in [-0.3, -0.25) is 4.79 Å². The second-order valence-corrected chi connectivity index (χ2v) is 9.48. The number of nitrogens with two attached hydrogens (primary N) is 1. The van der Waals surface area contributed by atoms with E-state index in [1.807, 2.05) is 32.0 Å². The van der Waals surface area contributed by atoms with Gasteiger partial charge in [-0.25, -0.2) is 13.1 Å². The third-order valence-corrected chi connectivity index (χ3v) is 6.92. The zero-order valence-corrected chi connectivity index (χ0v) is 17.8. The molecule has 0 saturated heterocycles. The highest BCUT2D eigenvalue weighted by Gasteiger charge is 2.29. The molecule has 0 aliphatic rings. The molecular formula is C20H22N4O3S2. The van der Waals surface area contributed by atoms with Gasteiger partial charge in [-0.2, -0.15) is 5.10 Å². The number of nitrogen functional groups attached to an aromatic ring is 1. The van der Waals surface area contributed by atoms with Gasteiger partial charge in [-0.1, -0.05) is 37.3 Å². The fourth-order valence-electron chi connectivity index (χ4n) is 2.82. The molecule has 152 valence electrons. The lowest BCUT2D eigenvalue weighted by molar-refractivity contribution is -0.116. The molecule has 9 heteroatoms. The van der Waals surface area contributed by atoms with Crippen molar-refractivity contribution in [3.8, 4) is 0 Å². The summed E-state index contributed by atoms with van der Waals surface area (Å²) in [5.41, 5.74) is 7.82. The van der Waals surface area contributed by atoms with Gasteiger partial charge in [0.05, 0.1) is 4.90 Å². The molecule has 0 radical (unpaired) electrons. The molecule has 1 aromatic heterocycles. The van der Waals surface area contributed by atoms with Crippen LogP contribution in [0.5, 0.6) is 0 Å². The van der Waals surface area contributed by atoms with E-state index in [0.717, 1.165) is 5.56 Å². The van der Waals surface area contributed by atoms with Crippen LogP contribution in [0, 0.1) is 6.92 Å². The van der Waals surface area contributed by atoms with Crippen molar-refractivity contribution >= 4 is 39.0 Å². The van der Waals surface area contributed by atoms with Gasteiger partial charge < -0.3 is 11.1 Å². The maximum absolute atomic E-state index is 13.1. The number of aromatic nitrogens is 2. The lowest BCUT2D eigenvalue weighted by atomic mass is 10.2. The average molecular weight is 431 g/mol. The summed E-state index contributed by atoms with van der Waals surface area (Å²) in [5.74, 6) is 0.217. The van der Waals surface area contributed by atoms with E-state index in [1.54, 1.807) is 24.3 Å². The van der Waals surface area contributed by atoms with Crippen molar-refractivity contribution in [3.05, 3.63) is 60.2 Å². The zero-order chi connectivity index (χ0) is 21.0. The second kappa shape index (κ2) is 8.71. The van der Waals surface area contributed by atoms with Crippen molar-refractivity contribution < 1.29 is 13.2 Å². The van der Waals surface area contributed by atoms with Gasteiger partial charge in [0.1, 0.15) is 22.3 Å². The predicted molar refractivity (Wildman–Crippen MR) is 115 cm³/mol. The lowest BCUT2D eigenvalue weighted by Crippen LogP contribution is -2.21. The van der Waals surface area contributed by atoms with Crippen LogP contribution in [-0.4, -0.2) is 29.9 Å². The van der Waals surface area contributed by atoms with E-state index in [1.165, 1.54) is 28.6 Å². The fourth-order valence-corrected chi connectivity index (χ4v) is 5.39. The summed E-state index contributed by atoms with van der Waals surface area (Å²) in [5, 5.41) is 7.37. The van der Waals surface area contributed by atoms with Gasteiger partial charge in [0.2, 0.25) is 15.7 Å². The molecule has 0 aliphatic carbocycles. The van der Waals surface area contributed by atoms with Crippen LogP contribution in [0.1, 0.15) is 12.5 Å². The summed E-state index contributed by atoms with van der Waals surface area (Å²) in [4.78, 5) is 12.5. The van der Waals surface area contributed by atoms with E-state index >= 15 is 0 Å². The number of hydrogen-bond donors (Lipinski definition) is 2. The molecule has 3 N–H and O–H groups in total. The first kappa shape index (κ1) is 20.9. The molecule has 0 atom stereocenters. The van der Waals surface area contributed by atoms with Gasteiger partial charge in [0.25, 0.3) is 0 Å². The normalized spacial score (nSPS) is 11.4. The van der Waals surface area contributed by atoms with E-state index in [-0.39, 0.29) is 33.1 Å². The molecule has 0 saturated carbocycles. The molecular weight excluding hydrogens is 408 g/mol. The Kier molecular flexibility index (Phi) is 6.29. The molecule has 2 aromatic carbocycles. The zero-order valence-electron chi connectivity index (χ0n) is 16.1. The lowest BCUT2D eigenvalue weighted by Gasteiger charge is -2.08. The molecule has 1 heterocycles. The van der Waals surface area contributed by atoms with Gasteiger partial charge >= 0.3 is 0 Å². The van der Waals surface area contributed by atoms with E-state index in [2.05, 4.69) is 10.4 Å². The number of nitrogens with one attached hydrogen (secondary N) is 1. The van der Waals surface area contributed by atoms with Crippen LogP contribution >= 0.6 is 11.8 Å². The van der Waals surface area contributed by atoms with Crippen LogP contribution < -0.4 is 11.1 Å². The topological polar surface area (TPSA) is 107 Å². The minimum absolute atomic E-state index is 0.0517. The number of benzene rings is 2. The van der Waals surface area contributed by atoms with Crippen molar-refractivity contribution in [2.45, 2.75) is 35.2 Å². The number of rotatable bonds is 7. The highest BCUT2D eigenvalue weighted by Crippen LogP contribution is 2.34. The average Bonchev–Trinajstić information content (AvgIpc) is 2.98. The molecule has 0 fully saturated rings. The number of aryl methyl sites for hydroxylation is 1. The summed E-state index contributed by atoms with van der Waals surface area (Å²) in [6, 6.07) is 15.4. The number of hydrogen-bond acceptors (Lipinski definition) is 6. The maximum atomic E-state index is 13.1. The molecule has 7 nitrogen and oxygen atoms in total. The SMILES string of the molecule is CCSc1nn(CC(=O)Nc2cccc(C)c2)c(N)c1S(=O)(=O)c1ccccc1. The third-order valence-electron chi connectivity index (χ3n) is 4.11. The van der Waals surface area contributed by atoms with E-state index in [4.69, 9.17) is 5.73 Å². The first-order chi connectivity index (χ1) is 13.8. The van der Waals surface area contributed by atoms with Crippen LogP contribution in [0.15, 0.2) is 69.4 Å². The summed E-state index contributed by atoms with van der Waals surface area (Å²) >= 11 is 1.27. The molecule has 0 bridgehead atoms. The van der Waals surface area contributed by atoms with Crippen LogP contribution in [0.3, 0.4) is 0 Å². The number of anilines is 2. The van der Waals surface area contributed by atoms with Crippen LogP contribution in [-0.2, 0) is 21.2 Å². The number of amides is 1. The third kappa shape index (κ3) is 4.63. The Balaban J connectivity index is 1.93. The van der Waals surface area contributed by atoms with E-state index in [9.17, 15) is 13.2 Å². The monoisotopic (exact) mass is 430 g/mol. The van der Waals surface area contributed by atoms with E-state index < -0.39 is 9.84 Å². The molecule has 3 aromatic rings. The number of carbonyl (C=O) groups excluding carboxylic acids is 1. The number of carbonyl (C=O) groups is 1. The number of sulfone groups is 1. The van der Waals surface area contributed by atoms with E-state index in [0.29, 0.717) is 11.4 Å². The van der Waals surface area contributed by atoms with Crippen LogP contribution in [0.25, 0.3) is 0 Å². The summed E-state index contributed by atoms with van der Waals surface area (Å²) < 4.78 is 27.5. The number of nitrogens with zero attached hydrogens (tertiary/aromatic N) is 2. The van der Waals surface area contributed by atoms with Gasteiger partial charge in [0, 0.05) is 5.69 Å². The predicted octanol–water partition coefficient (Wildman–Crippen LogP) is 3.36. The molecule has 0 aliphatic heterocycles. The van der Waals surface area contributed by atoms with Crippen LogP contribution in [0.2, 0.25) is 0 Å².